The monoisotopic (exact) mass is 495 g/mol. The van der Waals surface area contributed by atoms with Crippen LogP contribution in [0.1, 0.15) is 125 Å². The number of nitrogens with zero attached hydrogens (tertiary/aromatic N) is 1. The van der Waals surface area contributed by atoms with Gasteiger partial charge in [0.15, 0.2) is 0 Å². The lowest BCUT2D eigenvalue weighted by Gasteiger charge is -2.34. The topological polar surface area (TPSA) is 43.7 Å². The molecule has 1 saturated heterocycles. The van der Waals surface area contributed by atoms with Crippen molar-refractivity contribution in [2.45, 2.75) is 124 Å². The van der Waals surface area contributed by atoms with Crippen LogP contribution in [0.2, 0.25) is 0 Å². The van der Waals surface area contributed by atoms with Crippen LogP contribution in [0, 0.1) is 0 Å². The van der Waals surface area contributed by atoms with Crippen LogP contribution in [-0.2, 0) is 21.7 Å². The minimum atomic E-state index is -0.0458. The summed E-state index contributed by atoms with van der Waals surface area (Å²) in [5, 5.41) is 20.5. The zero-order valence-corrected chi connectivity index (χ0v) is 25.3. The van der Waals surface area contributed by atoms with Crippen LogP contribution < -0.4 is 4.90 Å². The van der Waals surface area contributed by atoms with E-state index >= 15 is 0 Å². The Balaban J connectivity index is 0.000000269. The molecule has 2 aromatic rings. The minimum Gasteiger partial charge on any atom is -0.508 e. The fourth-order valence-electron chi connectivity index (χ4n) is 4.48. The minimum absolute atomic E-state index is 0.0458. The first kappa shape index (κ1) is 30.1. The van der Waals surface area contributed by atoms with Gasteiger partial charge in [-0.25, -0.2) is 0 Å². The van der Waals surface area contributed by atoms with Crippen LogP contribution in [0.4, 0.5) is 5.69 Å². The van der Waals surface area contributed by atoms with Crippen molar-refractivity contribution in [2.24, 2.45) is 0 Å². The maximum Gasteiger partial charge on any atom is 0.142 e. The van der Waals surface area contributed by atoms with Gasteiger partial charge >= 0.3 is 0 Å². The van der Waals surface area contributed by atoms with Gasteiger partial charge in [-0.05, 0) is 75.8 Å². The summed E-state index contributed by atoms with van der Waals surface area (Å²) in [6, 6.07) is 10.3. The highest BCUT2D eigenvalue weighted by Gasteiger charge is 2.27. The summed E-state index contributed by atoms with van der Waals surface area (Å²) >= 11 is 0. The van der Waals surface area contributed by atoms with E-state index in [-0.39, 0.29) is 21.7 Å². The number of hydrogen-bond acceptors (Lipinski definition) is 3. The quantitative estimate of drug-likeness (QED) is 0.415. The molecule has 202 valence electrons. The van der Waals surface area contributed by atoms with E-state index in [2.05, 4.69) is 106 Å². The highest BCUT2D eigenvalue weighted by Crippen LogP contribution is 2.42. The smallest absolute Gasteiger partial charge is 0.142 e. The van der Waals surface area contributed by atoms with E-state index in [1.807, 2.05) is 12.1 Å². The molecular weight excluding hydrogens is 442 g/mol. The van der Waals surface area contributed by atoms with E-state index in [1.54, 1.807) is 0 Å². The summed E-state index contributed by atoms with van der Waals surface area (Å²) in [5.74, 6) is 0.852. The molecule has 0 saturated carbocycles. The molecule has 3 rings (SSSR count). The second-order valence-corrected chi connectivity index (χ2v) is 14.7. The molecule has 0 spiro atoms. The van der Waals surface area contributed by atoms with Gasteiger partial charge < -0.3 is 15.1 Å². The molecule has 3 heteroatoms. The van der Waals surface area contributed by atoms with Crippen molar-refractivity contribution in [1.82, 2.24) is 0 Å². The molecule has 0 radical (unpaired) electrons. The van der Waals surface area contributed by atoms with E-state index in [0.29, 0.717) is 11.5 Å². The van der Waals surface area contributed by atoms with Crippen molar-refractivity contribution in [3.05, 3.63) is 52.6 Å². The Kier molecular flexibility index (Phi) is 8.92. The number of phenols is 2. The number of rotatable bonds is 1. The van der Waals surface area contributed by atoms with Crippen LogP contribution in [0.15, 0.2) is 30.3 Å². The van der Waals surface area contributed by atoms with E-state index in [1.165, 1.54) is 36.0 Å². The van der Waals surface area contributed by atoms with Gasteiger partial charge in [-0.2, -0.15) is 0 Å². The van der Waals surface area contributed by atoms with Crippen LogP contribution in [0.25, 0.3) is 0 Å². The Bertz CT molecular complexity index is 986. The molecule has 3 nitrogen and oxygen atoms in total. The molecule has 36 heavy (non-hydrogen) atoms. The number of anilines is 1. The Hall–Kier alpha value is -2.16. The van der Waals surface area contributed by atoms with Crippen molar-refractivity contribution in [3.63, 3.8) is 0 Å². The lowest BCUT2D eigenvalue weighted by molar-refractivity contribution is 0.440. The second kappa shape index (κ2) is 10.7. The zero-order valence-electron chi connectivity index (χ0n) is 25.3. The Labute approximate surface area is 222 Å². The van der Waals surface area contributed by atoms with Crippen molar-refractivity contribution in [2.75, 3.05) is 18.0 Å². The maximum absolute atomic E-state index is 10.8. The number of piperidine rings is 1. The lowest BCUT2D eigenvalue weighted by Crippen LogP contribution is -2.30. The summed E-state index contributed by atoms with van der Waals surface area (Å²) in [5.41, 5.74) is 6.00. The van der Waals surface area contributed by atoms with Gasteiger partial charge in [0.2, 0.25) is 0 Å². The highest BCUT2D eigenvalue weighted by atomic mass is 16.3. The van der Waals surface area contributed by atoms with E-state index in [9.17, 15) is 10.2 Å². The molecule has 0 bridgehead atoms. The molecular formula is C33H53NO2. The predicted molar refractivity (Wildman–Crippen MR) is 157 cm³/mol. The summed E-state index contributed by atoms with van der Waals surface area (Å²) < 4.78 is 0. The third-order valence-electron chi connectivity index (χ3n) is 7.11. The first-order valence-electron chi connectivity index (χ1n) is 13.7. The van der Waals surface area contributed by atoms with Crippen LogP contribution >= 0.6 is 0 Å². The number of benzene rings is 2. The molecule has 0 amide bonds. The second-order valence-electron chi connectivity index (χ2n) is 14.7. The largest absolute Gasteiger partial charge is 0.508 e. The zero-order chi connectivity index (χ0) is 27.7. The SMILES string of the molecule is CC(C)(C)c1cc(N2CCCCC2)c(O)c(C(C)(C)C)c1.CC(C)(C)c1cc(O)cc(C(C)(C)C)c1. The normalized spacial score (nSPS) is 15.4. The average Bonchev–Trinajstić information content (AvgIpc) is 2.71. The molecule has 1 aliphatic rings. The van der Waals surface area contributed by atoms with Gasteiger partial charge in [0.05, 0.1) is 5.69 Å². The van der Waals surface area contributed by atoms with Gasteiger partial charge in [-0.3, -0.25) is 0 Å². The van der Waals surface area contributed by atoms with E-state index in [4.69, 9.17) is 0 Å². The number of hydrogen-bond donors (Lipinski definition) is 2. The number of aromatic hydroxyl groups is 2. The van der Waals surface area contributed by atoms with Gasteiger partial charge in [0.25, 0.3) is 0 Å². The Morgan fingerprint density at radius 2 is 0.944 bits per heavy atom. The Morgan fingerprint density at radius 3 is 1.33 bits per heavy atom. The summed E-state index contributed by atoms with van der Waals surface area (Å²) in [6.45, 7) is 28.3. The van der Waals surface area contributed by atoms with Crippen LogP contribution in [0.5, 0.6) is 11.5 Å². The predicted octanol–water partition coefficient (Wildman–Crippen LogP) is 8.96. The summed E-state index contributed by atoms with van der Waals surface area (Å²) in [7, 11) is 0. The standard InChI is InChI=1S/C19H31NO.C14H22O/c1-18(2,3)14-12-15(19(4,5)6)17(21)16(13-14)20-10-8-7-9-11-20;1-13(2,3)10-7-11(14(4,5)6)9-12(15)8-10/h12-13,21H,7-11H2,1-6H3;7-9,15H,1-6H3. The van der Waals surface area contributed by atoms with Gasteiger partial charge in [0, 0.05) is 18.7 Å². The lowest BCUT2D eigenvalue weighted by atomic mass is 9.79. The van der Waals surface area contributed by atoms with Crippen LogP contribution in [-0.4, -0.2) is 23.3 Å². The molecule has 2 N–H and O–H groups in total. The third kappa shape index (κ3) is 7.92. The van der Waals surface area contributed by atoms with Crippen molar-refractivity contribution < 1.29 is 10.2 Å². The molecule has 0 aliphatic carbocycles. The van der Waals surface area contributed by atoms with Gasteiger partial charge in [-0.15, -0.1) is 0 Å². The third-order valence-corrected chi connectivity index (χ3v) is 7.11. The van der Waals surface area contributed by atoms with Gasteiger partial charge in [0.1, 0.15) is 11.5 Å². The fourth-order valence-corrected chi connectivity index (χ4v) is 4.48. The summed E-state index contributed by atoms with van der Waals surface area (Å²) in [4.78, 5) is 2.36. The summed E-state index contributed by atoms with van der Waals surface area (Å²) in [6.07, 6.45) is 3.76. The van der Waals surface area contributed by atoms with E-state index < -0.39 is 0 Å². The molecule has 0 aromatic heterocycles. The fraction of sp³-hybridized carbons (Fsp3) is 0.636. The van der Waals surface area contributed by atoms with Crippen molar-refractivity contribution in [3.8, 4) is 11.5 Å². The first-order valence-corrected chi connectivity index (χ1v) is 13.7. The molecule has 1 heterocycles. The maximum atomic E-state index is 10.8. The molecule has 1 fully saturated rings. The van der Waals surface area contributed by atoms with E-state index in [0.717, 1.165) is 24.3 Å². The van der Waals surface area contributed by atoms with Crippen LogP contribution in [0.3, 0.4) is 0 Å². The molecule has 0 unspecified atom stereocenters. The van der Waals surface area contributed by atoms with Crippen molar-refractivity contribution >= 4 is 5.69 Å². The first-order chi connectivity index (χ1) is 16.2. The van der Waals surface area contributed by atoms with Crippen molar-refractivity contribution in [1.29, 1.82) is 0 Å². The molecule has 1 aliphatic heterocycles. The average molecular weight is 496 g/mol. The molecule has 0 atom stereocenters. The highest BCUT2D eigenvalue weighted by molar-refractivity contribution is 5.65. The number of phenolic OH excluding ortho intramolecular Hbond substituents is 2. The van der Waals surface area contributed by atoms with Gasteiger partial charge in [-0.1, -0.05) is 95.2 Å². The molecule has 2 aromatic carbocycles. The Morgan fingerprint density at radius 1 is 0.528 bits per heavy atom.